The third-order valence-electron chi connectivity index (χ3n) is 6.49. The highest BCUT2D eigenvalue weighted by atomic mass is 35.5. The molecule has 2 atom stereocenters. The van der Waals surface area contributed by atoms with Crippen LogP contribution in [0.15, 0.2) is 48.5 Å². The average Bonchev–Trinajstić information content (AvgIpc) is 3.45. The SMILES string of the molecule is CNC(=O)c1nn(-c2ccccc2)c(NC(=O)N[C@@H]2CN(CCOC)C[C@H]2c2ccc(Cl)c(F)c2)c1C. The number of nitrogens with one attached hydrogen (secondary N) is 3. The third-order valence-corrected chi connectivity index (χ3v) is 6.80. The zero-order valence-electron chi connectivity index (χ0n) is 20.9. The summed E-state index contributed by atoms with van der Waals surface area (Å²) in [6.07, 6.45) is 0. The van der Waals surface area contributed by atoms with Crippen LogP contribution in [-0.4, -0.2) is 73.1 Å². The Kier molecular flexibility index (Phi) is 8.42. The Morgan fingerprint density at radius 2 is 1.95 bits per heavy atom. The lowest BCUT2D eigenvalue weighted by atomic mass is 9.94. The molecule has 0 saturated carbocycles. The molecule has 0 aliphatic carbocycles. The van der Waals surface area contributed by atoms with Gasteiger partial charge in [0.25, 0.3) is 5.91 Å². The monoisotopic (exact) mass is 528 g/mol. The molecule has 2 aromatic carbocycles. The number of nitrogens with zero attached hydrogens (tertiary/aromatic N) is 3. The van der Waals surface area contributed by atoms with Gasteiger partial charge in [-0.2, -0.15) is 5.10 Å². The number of carbonyl (C=O) groups is 2. The van der Waals surface area contributed by atoms with Crippen molar-refractivity contribution in [3.8, 4) is 5.69 Å². The van der Waals surface area contributed by atoms with Crippen molar-refractivity contribution in [1.82, 2.24) is 25.3 Å². The van der Waals surface area contributed by atoms with Gasteiger partial charge in [-0.05, 0) is 36.8 Å². The average molecular weight is 529 g/mol. The number of halogens is 2. The normalized spacial score (nSPS) is 17.5. The van der Waals surface area contributed by atoms with Crippen molar-refractivity contribution in [1.29, 1.82) is 0 Å². The minimum atomic E-state index is -0.498. The van der Waals surface area contributed by atoms with E-state index < -0.39 is 11.8 Å². The second-order valence-electron chi connectivity index (χ2n) is 8.89. The number of benzene rings is 2. The molecule has 3 amide bonds. The molecule has 3 aromatic rings. The van der Waals surface area contributed by atoms with E-state index >= 15 is 0 Å². The number of amides is 3. The molecule has 4 rings (SSSR count). The molecule has 196 valence electrons. The zero-order chi connectivity index (χ0) is 26.5. The quantitative estimate of drug-likeness (QED) is 0.415. The largest absolute Gasteiger partial charge is 0.383 e. The molecule has 3 N–H and O–H groups in total. The van der Waals surface area contributed by atoms with Crippen molar-refractivity contribution in [2.45, 2.75) is 18.9 Å². The van der Waals surface area contributed by atoms with Crippen LogP contribution >= 0.6 is 11.6 Å². The molecule has 0 spiro atoms. The van der Waals surface area contributed by atoms with Crippen molar-refractivity contribution in [3.05, 3.63) is 76.2 Å². The first-order valence-corrected chi connectivity index (χ1v) is 12.3. The van der Waals surface area contributed by atoms with E-state index in [4.69, 9.17) is 16.3 Å². The molecule has 1 fully saturated rings. The number of carbonyl (C=O) groups excluding carboxylic acids is 2. The van der Waals surface area contributed by atoms with Crippen LogP contribution in [0.4, 0.5) is 15.0 Å². The van der Waals surface area contributed by atoms with Gasteiger partial charge in [-0.1, -0.05) is 35.9 Å². The van der Waals surface area contributed by atoms with E-state index in [2.05, 4.69) is 25.9 Å². The molecule has 0 radical (unpaired) electrons. The molecule has 0 bridgehead atoms. The van der Waals surface area contributed by atoms with Gasteiger partial charge < -0.3 is 15.4 Å². The van der Waals surface area contributed by atoms with E-state index in [-0.39, 0.29) is 28.6 Å². The van der Waals surface area contributed by atoms with Crippen molar-refractivity contribution < 1.29 is 18.7 Å². The van der Waals surface area contributed by atoms with Gasteiger partial charge >= 0.3 is 6.03 Å². The Morgan fingerprint density at radius 3 is 2.62 bits per heavy atom. The zero-order valence-corrected chi connectivity index (χ0v) is 21.7. The molecule has 1 saturated heterocycles. The van der Waals surface area contributed by atoms with E-state index in [0.717, 1.165) is 5.56 Å². The summed E-state index contributed by atoms with van der Waals surface area (Å²) in [6.45, 7) is 4.13. The highest BCUT2D eigenvalue weighted by Crippen LogP contribution is 2.30. The number of anilines is 1. The van der Waals surface area contributed by atoms with Crippen LogP contribution in [-0.2, 0) is 4.74 Å². The van der Waals surface area contributed by atoms with Gasteiger partial charge in [-0.15, -0.1) is 0 Å². The van der Waals surface area contributed by atoms with Crippen molar-refractivity contribution in [2.75, 3.05) is 45.7 Å². The standard InChI is InChI=1S/C26H30ClFN6O3/c1-16-23(25(35)29-2)32-34(18-7-5-4-6-8-18)24(16)31-26(36)30-22-15-33(11-12-37-3)14-19(22)17-9-10-20(27)21(28)13-17/h4-10,13,19,22H,11-12,14-15H2,1-3H3,(H,29,35)(H2,30,31,36)/t19-,22+/m0/s1. The van der Waals surface area contributed by atoms with Crippen molar-refractivity contribution in [2.24, 2.45) is 0 Å². The summed E-state index contributed by atoms with van der Waals surface area (Å²) in [4.78, 5) is 27.8. The molecule has 1 aliphatic heterocycles. The molecular weight excluding hydrogens is 499 g/mol. The van der Waals surface area contributed by atoms with E-state index in [1.165, 1.54) is 23.9 Å². The smallest absolute Gasteiger partial charge is 0.320 e. The lowest BCUT2D eigenvalue weighted by Gasteiger charge is -2.21. The second-order valence-corrected chi connectivity index (χ2v) is 9.29. The maximum absolute atomic E-state index is 14.2. The molecule has 37 heavy (non-hydrogen) atoms. The van der Waals surface area contributed by atoms with Crippen molar-refractivity contribution in [3.63, 3.8) is 0 Å². The van der Waals surface area contributed by atoms with Crippen LogP contribution in [0.1, 0.15) is 27.5 Å². The Labute approximate surface area is 219 Å². The van der Waals surface area contributed by atoms with Crippen molar-refractivity contribution >= 4 is 29.4 Å². The molecule has 11 heteroatoms. The number of aromatic nitrogens is 2. The summed E-state index contributed by atoms with van der Waals surface area (Å²) < 4.78 is 21.0. The summed E-state index contributed by atoms with van der Waals surface area (Å²) in [7, 11) is 3.16. The molecular formula is C26H30ClFN6O3. The topological polar surface area (TPSA) is 101 Å². The number of hydrogen-bond donors (Lipinski definition) is 3. The summed E-state index contributed by atoms with van der Waals surface area (Å²) in [6, 6.07) is 13.2. The van der Waals surface area contributed by atoms with Crippen LogP contribution in [0.2, 0.25) is 5.02 Å². The summed E-state index contributed by atoms with van der Waals surface area (Å²) in [5.74, 6) is -0.631. The van der Waals surface area contributed by atoms with E-state index in [0.29, 0.717) is 43.3 Å². The van der Waals surface area contributed by atoms with E-state index in [1.807, 2.05) is 30.3 Å². The Morgan fingerprint density at radius 1 is 1.19 bits per heavy atom. The van der Waals surface area contributed by atoms with Gasteiger partial charge in [-0.25, -0.2) is 13.9 Å². The van der Waals surface area contributed by atoms with Crippen LogP contribution in [0, 0.1) is 12.7 Å². The number of para-hydroxylation sites is 1. The first-order chi connectivity index (χ1) is 17.8. The van der Waals surface area contributed by atoms with Crippen LogP contribution < -0.4 is 16.0 Å². The number of hydrogen-bond acceptors (Lipinski definition) is 5. The fourth-order valence-corrected chi connectivity index (χ4v) is 4.68. The predicted octanol–water partition coefficient (Wildman–Crippen LogP) is 3.57. The van der Waals surface area contributed by atoms with Crippen LogP contribution in [0.25, 0.3) is 5.69 Å². The minimum Gasteiger partial charge on any atom is -0.383 e. The van der Waals surface area contributed by atoms with E-state index in [9.17, 15) is 14.0 Å². The number of urea groups is 1. The first kappa shape index (κ1) is 26.6. The molecule has 1 aromatic heterocycles. The molecule has 9 nitrogen and oxygen atoms in total. The molecule has 2 heterocycles. The lowest BCUT2D eigenvalue weighted by molar-refractivity contribution is 0.0957. The Bertz CT molecular complexity index is 1270. The Balaban J connectivity index is 1.59. The lowest BCUT2D eigenvalue weighted by Crippen LogP contribution is -2.42. The van der Waals surface area contributed by atoms with Gasteiger partial charge in [-0.3, -0.25) is 15.0 Å². The predicted molar refractivity (Wildman–Crippen MR) is 140 cm³/mol. The highest BCUT2D eigenvalue weighted by molar-refractivity contribution is 6.30. The minimum absolute atomic E-state index is 0.0526. The van der Waals surface area contributed by atoms with Gasteiger partial charge in [0.05, 0.1) is 23.4 Å². The number of methoxy groups -OCH3 is 1. The number of ether oxygens (including phenoxy) is 1. The fourth-order valence-electron chi connectivity index (χ4n) is 4.56. The third kappa shape index (κ3) is 5.93. The van der Waals surface area contributed by atoms with Gasteiger partial charge in [0.1, 0.15) is 11.6 Å². The fraction of sp³-hybridized carbons (Fsp3) is 0.346. The molecule has 0 unspecified atom stereocenters. The Hall–Kier alpha value is -3.47. The summed E-state index contributed by atoms with van der Waals surface area (Å²) in [5.41, 5.74) is 2.18. The van der Waals surface area contributed by atoms with Gasteiger partial charge in [0.15, 0.2) is 5.69 Å². The van der Waals surface area contributed by atoms with Crippen LogP contribution in [0.5, 0.6) is 0 Å². The van der Waals surface area contributed by atoms with E-state index in [1.54, 1.807) is 20.1 Å². The number of likely N-dealkylation sites (tertiary alicyclic amines) is 1. The first-order valence-electron chi connectivity index (χ1n) is 11.9. The van der Waals surface area contributed by atoms with Crippen LogP contribution in [0.3, 0.4) is 0 Å². The maximum atomic E-state index is 14.2. The highest BCUT2D eigenvalue weighted by Gasteiger charge is 2.35. The second kappa shape index (κ2) is 11.7. The van der Waals surface area contributed by atoms with Gasteiger partial charge in [0, 0.05) is 45.3 Å². The summed E-state index contributed by atoms with van der Waals surface area (Å²) >= 11 is 5.89. The van der Waals surface area contributed by atoms with Gasteiger partial charge in [0.2, 0.25) is 0 Å². The maximum Gasteiger partial charge on any atom is 0.320 e. The summed E-state index contributed by atoms with van der Waals surface area (Å²) in [5, 5.41) is 13.0. The number of rotatable bonds is 8. The molecule has 1 aliphatic rings.